The molecule has 31 heavy (non-hydrogen) atoms. The Balaban J connectivity index is 1.46. The van der Waals surface area contributed by atoms with Crippen molar-refractivity contribution in [1.82, 2.24) is 9.88 Å². The molecule has 1 amide bonds. The second-order valence-electron chi connectivity index (χ2n) is 8.44. The lowest BCUT2D eigenvalue weighted by Gasteiger charge is -2.35. The molecule has 4 rings (SSSR count). The van der Waals surface area contributed by atoms with Gasteiger partial charge in [-0.15, -0.1) is 0 Å². The number of aromatic nitrogens is 1. The molecule has 3 aromatic rings. The van der Waals surface area contributed by atoms with Gasteiger partial charge in [-0.2, -0.15) is 0 Å². The Kier molecular flexibility index (Phi) is 6.62. The predicted octanol–water partition coefficient (Wildman–Crippen LogP) is 5.39. The molecule has 2 heterocycles. The van der Waals surface area contributed by atoms with Gasteiger partial charge in [0, 0.05) is 42.8 Å². The van der Waals surface area contributed by atoms with Crippen LogP contribution in [0.2, 0.25) is 5.02 Å². The second kappa shape index (κ2) is 9.56. The van der Waals surface area contributed by atoms with E-state index in [1.54, 1.807) is 4.90 Å². The number of hydrogen-bond acceptors (Lipinski definition) is 4. The van der Waals surface area contributed by atoms with Crippen molar-refractivity contribution in [2.75, 3.05) is 37.7 Å². The normalized spacial score (nSPS) is 14.3. The summed E-state index contributed by atoms with van der Waals surface area (Å²) < 4.78 is 5.37. The molecule has 0 unspecified atom stereocenters. The first-order valence-corrected chi connectivity index (χ1v) is 11.2. The lowest BCUT2D eigenvalue weighted by molar-refractivity contribution is 0.0902. The van der Waals surface area contributed by atoms with Gasteiger partial charge in [0.15, 0.2) is 0 Å². The molecule has 1 aromatic heterocycles. The summed E-state index contributed by atoms with van der Waals surface area (Å²) >= 11 is 6.12. The maximum atomic E-state index is 12.2. The minimum Gasteiger partial charge on any atom is -0.449 e. The highest BCUT2D eigenvalue weighted by Crippen LogP contribution is 2.27. The first-order chi connectivity index (χ1) is 15.0. The summed E-state index contributed by atoms with van der Waals surface area (Å²) in [6, 6.07) is 16.4. The third-order valence-electron chi connectivity index (χ3n) is 5.46. The lowest BCUT2D eigenvalue weighted by atomic mass is 10.0. The summed E-state index contributed by atoms with van der Waals surface area (Å²) in [6.45, 7) is 7.38. The number of piperazine rings is 1. The van der Waals surface area contributed by atoms with Crippen LogP contribution in [0.1, 0.15) is 25.0 Å². The Morgan fingerprint density at radius 3 is 2.58 bits per heavy atom. The predicted molar refractivity (Wildman–Crippen MR) is 126 cm³/mol. The van der Waals surface area contributed by atoms with E-state index in [-0.39, 0.29) is 6.09 Å². The molecule has 1 saturated heterocycles. The maximum Gasteiger partial charge on any atom is 0.409 e. The van der Waals surface area contributed by atoms with E-state index in [0.29, 0.717) is 25.6 Å². The number of carbonyl (C=O) groups is 1. The van der Waals surface area contributed by atoms with Crippen molar-refractivity contribution in [1.29, 1.82) is 0 Å². The third-order valence-corrected chi connectivity index (χ3v) is 5.70. The molecule has 1 aliphatic heterocycles. The Morgan fingerprint density at radius 2 is 1.84 bits per heavy atom. The molecule has 0 spiro atoms. The number of ether oxygens (including phenoxy) is 1. The molecular weight excluding hydrogens is 410 g/mol. The number of carbonyl (C=O) groups excluding carboxylic acids is 1. The van der Waals surface area contributed by atoms with Crippen molar-refractivity contribution in [3.05, 3.63) is 70.9 Å². The van der Waals surface area contributed by atoms with E-state index < -0.39 is 0 Å². The number of rotatable bonds is 5. The van der Waals surface area contributed by atoms with E-state index in [9.17, 15) is 4.79 Å². The number of benzene rings is 2. The van der Waals surface area contributed by atoms with Crippen molar-refractivity contribution in [2.24, 2.45) is 5.92 Å². The minimum absolute atomic E-state index is 0.213. The van der Waals surface area contributed by atoms with Crippen LogP contribution in [-0.2, 0) is 11.2 Å². The Labute approximate surface area is 188 Å². The van der Waals surface area contributed by atoms with Gasteiger partial charge in [0.2, 0.25) is 0 Å². The lowest BCUT2D eigenvalue weighted by Crippen LogP contribution is -2.49. The number of fused-ring (bicyclic) bond motifs is 1. The van der Waals surface area contributed by atoms with Gasteiger partial charge < -0.3 is 14.5 Å². The minimum atomic E-state index is -0.213. The number of pyridine rings is 1. The number of amides is 1. The van der Waals surface area contributed by atoms with Gasteiger partial charge in [0.1, 0.15) is 0 Å². The number of hydrogen-bond donors (Lipinski definition) is 0. The summed E-state index contributed by atoms with van der Waals surface area (Å²) in [5.74, 6) is 0.343. The molecule has 0 atom stereocenters. The van der Waals surface area contributed by atoms with Crippen molar-refractivity contribution in [3.63, 3.8) is 0 Å². The monoisotopic (exact) mass is 437 g/mol. The quantitative estimate of drug-likeness (QED) is 0.536. The number of para-hydroxylation sites is 1. The van der Waals surface area contributed by atoms with Gasteiger partial charge in [-0.05, 0) is 47.7 Å². The maximum absolute atomic E-state index is 12.2. The standard InChI is InChI=1S/C25H28ClN3O2/c1-18(2)17-31-25(30)29-11-9-28(10-12-29)23-8-4-6-21-14-20(16-27-24(21)23)13-19-5-3-7-22(26)15-19/h3-8,14-16,18H,9-13,17H2,1-2H3. The largest absolute Gasteiger partial charge is 0.449 e. The van der Waals surface area contributed by atoms with Crippen LogP contribution < -0.4 is 4.90 Å². The van der Waals surface area contributed by atoms with Gasteiger partial charge in [-0.3, -0.25) is 4.98 Å². The molecule has 0 aliphatic carbocycles. The molecule has 0 saturated carbocycles. The number of halogens is 1. The second-order valence-corrected chi connectivity index (χ2v) is 8.88. The first-order valence-electron chi connectivity index (χ1n) is 10.8. The fourth-order valence-corrected chi connectivity index (χ4v) is 4.10. The van der Waals surface area contributed by atoms with Gasteiger partial charge in [-0.1, -0.05) is 49.7 Å². The van der Waals surface area contributed by atoms with Crippen LogP contribution in [0.15, 0.2) is 54.7 Å². The van der Waals surface area contributed by atoms with Crippen molar-refractivity contribution >= 4 is 34.3 Å². The van der Waals surface area contributed by atoms with Crippen LogP contribution in [0.5, 0.6) is 0 Å². The van der Waals surface area contributed by atoms with E-state index >= 15 is 0 Å². The third kappa shape index (κ3) is 5.28. The molecule has 5 nitrogen and oxygen atoms in total. The first kappa shape index (κ1) is 21.4. The number of anilines is 1. The Morgan fingerprint density at radius 1 is 1.06 bits per heavy atom. The Hall–Kier alpha value is -2.79. The molecule has 162 valence electrons. The van der Waals surface area contributed by atoms with Crippen LogP contribution in [0, 0.1) is 5.92 Å². The molecule has 0 bridgehead atoms. The van der Waals surface area contributed by atoms with Gasteiger partial charge in [0.25, 0.3) is 0 Å². The highest BCUT2D eigenvalue weighted by Gasteiger charge is 2.23. The topological polar surface area (TPSA) is 45.7 Å². The zero-order chi connectivity index (χ0) is 21.8. The van der Waals surface area contributed by atoms with Crippen LogP contribution in [-0.4, -0.2) is 48.8 Å². The summed E-state index contributed by atoms with van der Waals surface area (Å²) in [4.78, 5) is 21.1. The smallest absolute Gasteiger partial charge is 0.409 e. The summed E-state index contributed by atoms with van der Waals surface area (Å²) in [7, 11) is 0. The van der Waals surface area contributed by atoms with Gasteiger partial charge in [0.05, 0.1) is 17.8 Å². The zero-order valence-corrected chi connectivity index (χ0v) is 18.8. The molecular formula is C25H28ClN3O2. The fourth-order valence-electron chi connectivity index (χ4n) is 3.88. The van der Waals surface area contributed by atoms with Gasteiger partial charge >= 0.3 is 6.09 Å². The highest BCUT2D eigenvalue weighted by atomic mass is 35.5. The SMILES string of the molecule is CC(C)COC(=O)N1CCN(c2cccc3cc(Cc4cccc(Cl)c4)cnc23)CC1. The average Bonchev–Trinajstić information content (AvgIpc) is 2.77. The zero-order valence-electron chi connectivity index (χ0n) is 18.1. The molecule has 2 aromatic carbocycles. The van der Waals surface area contributed by atoms with E-state index in [1.807, 2.05) is 38.2 Å². The summed E-state index contributed by atoms with van der Waals surface area (Å²) in [6.07, 6.45) is 2.53. The van der Waals surface area contributed by atoms with Crippen molar-refractivity contribution in [3.8, 4) is 0 Å². The summed E-state index contributed by atoms with van der Waals surface area (Å²) in [5, 5.41) is 1.87. The van der Waals surface area contributed by atoms with E-state index in [0.717, 1.165) is 46.7 Å². The van der Waals surface area contributed by atoms with Gasteiger partial charge in [-0.25, -0.2) is 4.79 Å². The van der Waals surface area contributed by atoms with Crippen LogP contribution >= 0.6 is 11.6 Å². The van der Waals surface area contributed by atoms with E-state index in [4.69, 9.17) is 21.3 Å². The highest BCUT2D eigenvalue weighted by molar-refractivity contribution is 6.30. The van der Waals surface area contributed by atoms with Crippen LogP contribution in [0.4, 0.5) is 10.5 Å². The van der Waals surface area contributed by atoms with Crippen molar-refractivity contribution in [2.45, 2.75) is 20.3 Å². The van der Waals surface area contributed by atoms with Crippen LogP contribution in [0.25, 0.3) is 10.9 Å². The van der Waals surface area contributed by atoms with Crippen molar-refractivity contribution < 1.29 is 9.53 Å². The Bertz CT molecular complexity index is 1060. The van der Waals surface area contributed by atoms with E-state index in [1.165, 1.54) is 5.56 Å². The fraction of sp³-hybridized carbons (Fsp3) is 0.360. The molecule has 0 N–H and O–H groups in total. The van der Waals surface area contributed by atoms with Crippen LogP contribution in [0.3, 0.4) is 0 Å². The molecule has 1 fully saturated rings. The average molecular weight is 438 g/mol. The molecule has 0 radical (unpaired) electrons. The van der Waals surface area contributed by atoms with E-state index in [2.05, 4.69) is 35.2 Å². The molecule has 1 aliphatic rings. The summed E-state index contributed by atoms with van der Waals surface area (Å²) in [5.41, 5.74) is 4.44. The number of nitrogens with zero attached hydrogens (tertiary/aromatic N) is 3. The molecule has 6 heteroatoms.